The van der Waals surface area contributed by atoms with Gasteiger partial charge in [-0.1, -0.05) is 30.3 Å². The SMILES string of the molecule is Cn1ccnc1CN1CC[C@@H](N2CCOCC2)[C@@H]1Cc1ccccc1. The molecule has 2 aliphatic heterocycles. The summed E-state index contributed by atoms with van der Waals surface area (Å²) >= 11 is 0. The van der Waals surface area contributed by atoms with E-state index in [0.717, 1.165) is 51.6 Å². The van der Waals surface area contributed by atoms with Crippen LogP contribution >= 0.6 is 0 Å². The number of hydrogen-bond donors (Lipinski definition) is 0. The first-order valence-corrected chi connectivity index (χ1v) is 9.37. The molecule has 0 spiro atoms. The van der Waals surface area contributed by atoms with E-state index in [4.69, 9.17) is 4.74 Å². The summed E-state index contributed by atoms with van der Waals surface area (Å²) < 4.78 is 7.71. The first-order chi connectivity index (χ1) is 12.3. The topological polar surface area (TPSA) is 33.5 Å². The second-order valence-corrected chi connectivity index (χ2v) is 7.19. The van der Waals surface area contributed by atoms with Gasteiger partial charge >= 0.3 is 0 Å². The number of likely N-dealkylation sites (tertiary alicyclic amines) is 1. The van der Waals surface area contributed by atoms with Crippen molar-refractivity contribution in [1.82, 2.24) is 19.4 Å². The van der Waals surface area contributed by atoms with Gasteiger partial charge < -0.3 is 9.30 Å². The summed E-state index contributed by atoms with van der Waals surface area (Å²) in [6.07, 6.45) is 6.28. The number of aromatic nitrogens is 2. The summed E-state index contributed by atoms with van der Waals surface area (Å²) in [6.45, 7) is 5.94. The van der Waals surface area contributed by atoms with E-state index in [9.17, 15) is 0 Å². The number of ether oxygens (including phenoxy) is 1. The Morgan fingerprint density at radius 2 is 1.92 bits per heavy atom. The lowest BCUT2D eigenvalue weighted by Crippen LogP contribution is -2.50. The smallest absolute Gasteiger partial charge is 0.122 e. The van der Waals surface area contributed by atoms with Crippen molar-refractivity contribution in [2.75, 3.05) is 32.8 Å². The molecule has 134 valence electrons. The Morgan fingerprint density at radius 3 is 2.64 bits per heavy atom. The van der Waals surface area contributed by atoms with Crippen LogP contribution in [0.2, 0.25) is 0 Å². The zero-order chi connectivity index (χ0) is 17.1. The quantitative estimate of drug-likeness (QED) is 0.833. The predicted molar refractivity (Wildman–Crippen MR) is 98.3 cm³/mol. The van der Waals surface area contributed by atoms with Crippen LogP contribution in [-0.4, -0.2) is 64.3 Å². The molecule has 2 atom stereocenters. The molecular weight excluding hydrogens is 312 g/mol. The molecule has 3 heterocycles. The van der Waals surface area contributed by atoms with Crippen LogP contribution in [0.1, 0.15) is 17.8 Å². The van der Waals surface area contributed by atoms with Gasteiger partial charge in [-0.3, -0.25) is 9.80 Å². The van der Waals surface area contributed by atoms with Crippen molar-refractivity contribution in [3.63, 3.8) is 0 Å². The zero-order valence-electron chi connectivity index (χ0n) is 15.1. The van der Waals surface area contributed by atoms with Crippen LogP contribution in [0.15, 0.2) is 42.7 Å². The molecule has 1 aromatic carbocycles. The molecule has 0 radical (unpaired) electrons. The van der Waals surface area contributed by atoms with Crippen molar-refractivity contribution >= 4 is 0 Å². The average Bonchev–Trinajstić information content (AvgIpc) is 3.24. The van der Waals surface area contributed by atoms with Gasteiger partial charge in [0.25, 0.3) is 0 Å². The van der Waals surface area contributed by atoms with Crippen molar-refractivity contribution in [2.24, 2.45) is 7.05 Å². The van der Waals surface area contributed by atoms with Gasteiger partial charge in [0, 0.05) is 51.2 Å². The molecule has 0 amide bonds. The third kappa shape index (κ3) is 3.78. The Kier molecular flexibility index (Phi) is 5.15. The third-order valence-corrected chi connectivity index (χ3v) is 5.69. The summed E-state index contributed by atoms with van der Waals surface area (Å²) in [5, 5.41) is 0. The Hall–Kier alpha value is -1.69. The molecule has 0 aliphatic carbocycles. The molecule has 0 N–H and O–H groups in total. The largest absolute Gasteiger partial charge is 0.379 e. The lowest BCUT2D eigenvalue weighted by Gasteiger charge is -2.37. The van der Waals surface area contributed by atoms with Gasteiger partial charge in [0.05, 0.1) is 19.8 Å². The van der Waals surface area contributed by atoms with Gasteiger partial charge in [-0.2, -0.15) is 0 Å². The van der Waals surface area contributed by atoms with Crippen molar-refractivity contribution in [2.45, 2.75) is 31.5 Å². The van der Waals surface area contributed by atoms with Crippen LogP contribution in [-0.2, 0) is 24.8 Å². The lowest BCUT2D eigenvalue weighted by molar-refractivity contribution is 0.00772. The van der Waals surface area contributed by atoms with Gasteiger partial charge in [-0.25, -0.2) is 4.98 Å². The maximum absolute atomic E-state index is 5.57. The van der Waals surface area contributed by atoms with Crippen LogP contribution in [0.25, 0.3) is 0 Å². The molecule has 1 aromatic heterocycles. The van der Waals surface area contributed by atoms with E-state index >= 15 is 0 Å². The molecule has 5 nitrogen and oxygen atoms in total. The van der Waals surface area contributed by atoms with E-state index in [1.165, 1.54) is 12.0 Å². The highest BCUT2D eigenvalue weighted by atomic mass is 16.5. The standard InChI is InChI=1S/C20H28N4O/c1-22-10-8-21-20(22)16-24-9-7-18(23-11-13-25-14-12-23)19(24)15-17-5-3-2-4-6-17/h2-6,8,10,18-19H,7,9,11-16H2,1H3/t18-,19+/m1/s1. The molecule has 5 heteroatoms. The maximum atomic E-state index is 5.57. The first kappa shape index (κ1) is 16.8. The highest BCUT2D eigenvalue weighted by Gasteiger charge is 2.38. The van der Waals surface area contributed by atoms with Crippen LogP contribution < -0.4 is 0 Å². The fraction of sp³-hybridized carbons (Fsp3) is 0.550. The Balaban J connectivity index is 1.53. The molecule has 2 aromatic rings. The van der Waals surface area contributed by atoms with E-state index in [1.807, 2.05) is 12.4 Å². The average molecular weight is 340 g/mol. The van der Waals surface area contributed by atoms with E-state index < -0.39 is 0 Å². The summed E-state index contributed by atoms with van der Waals surface area (Å²) in [6, 6.07) is 12.1. The molecule has 2 fully saturated rings. The number of hydrogen-bond acceptors (Lipinski definition) is 4. The molecule has 0 unspecified atom stereocenters. The molecular formula is C20H28N4O. The number of nitrogens with zero attached hydrogens (tertiary/aromatic N) is 4. The van der Waals surface area contributed by atoms with Gasteiger partial charge in [-0.05, 0) is 18.4 Å². The Morgan fingerprint density at radius 1 is 1.12 bits per heavy atom. The lowest BCUT2D eigenvalue weighted by atomic mass is 9.98. The first-order valence-electron chi connectivity index (χ1n) is 9.37. The van der Waals surface area contributed by atoms with Gasteiger partial charge in [0.1, 0.15) is 5.82 Å². The van der Waals surface area contributed by atoms with Crippen LogP contribution in [0, 0.1) is 0 Å². The number of aryl methyl sites for hydroxylation is 1. The van der Waals surface area contributed by atoms with Crippen molar-refractivity contribution in [3.05, 3.63) is 54.1 Å². The van der Waals surface area contributed by atoms with E-state index in [0.29, 0.717) is 12.1 Å². The van der Waals surface area contributed by atoms with Crippen LogP contribution in [0.4, 0.5) is 0 Å². The molecule has 0 bridgehead atoms. The summed E-state index contributed by atoms with van der Waals surface area (Å²) in [7, 11) is 2.09. The Labute approximate surface area is 150 Å². The zero-order valence-corrected chi connectivity index (χ0v) is 15.1. The summed E-state index contributed by atoms with van der Waals surface area (Å²) in [5.74, 6) is 1.15. The van der Waals surface area contributed by atoms with Gasteiger partial charge in [0.15, 0.2) is 0 Å². The predicted octanol–water partition coefficient (Wildman–Crippen LogP) is 1.94. The van der Waals surface area contributed by atoms with Crippen molar-refractivity contribution < 1.29 is 4.74 Å². The second kappa shape index (κ2) is 7.68. The van der Waals surface area contributed by atoms with Gasteiger partial charge in [0.2, 0.25) is 0 Å². The summed E-state index contributed by atoms with van der Waals surface area (Å²) in [4.78, 5) is 9.83. The number of imidazole rings is 1. The van der Waals surface area contributed by atoms with E-state index in [2.05, 4.69) is 56.7 Å². The van der Waals surface area contributed by atoms with Crippen LogP contribution in [0.3, 0.4) is 0 Å². The fourth-order valence-electron chi connectivity index (χ4n) is 4.28. The highest BCUT2D eigenvalue weighted by Crippen LogP contribution is 2.28. The minimum atomic E-state index is 0.539. The molecule has 25 heavy (non-hydrogen) atoms. The van der Waals surface area contributed by atoms with Crippen LogP contribution in [0.5, 0.6) is 0 Å². The normalized spacial score (nSPS) is 25.5. The van der Waals surface area contributed by atoms with Crippen molar-refractivity contribution in [3.8, 4) is 0 Å². The maximum Gasteiger partial charge on any atom is 0.122 e. The number of benzene rings is 1. The van der Waals surface area contributed by atoms with E-state index in [1.54, 1.807) is 0 Å². The number of rotatable bonds is 5. The molecule has 2 aliphatic rings. The molecule has 4 rings (SSSR count). The second-order valence-electron chi connectivity index (χ2n) is 7.19. The Bertz CT molecular complexity index is 665. The fourth-order valence-corrected chi connectivity index (χ4v) is 4.28. The minimum Gasteiger partial charge on any atom is -0.379 e. The van der Waals surface area contributed by atoms with Gasteiger partial charge in [-0.15, -0.1) is 0 Å². The number of morpholine rings is 1. The monoisotopic (exact) mass is 340 g/mol. The summed E-state index contributed by atoms with van der Waals surface area (Å²) in [5.41, 5.74) is 1.43. The highest BCUT2D eigenvalue weighted by molar-refractivity contribution is 5.17. The van der Waals surface area contributed by atoms with Crippen molar-refractivity contribution in [1.29, 1.82) is 0 Å². The van der Waals surface area contributed by atoms with E-state index in [-0.39, 0.29) is 0 Å². The minimum absolute atomic E-state index is 0.539. The third-order valence-electron chi connectivity index (χ3n) is 5.69. The molecule has 0 saturated carbocycles. The molecule has 2 saturated heterocycles.